The summed E-state index contributed by atoms with van der Waals surface area (Å²) in [5.41, 5.74) is 0.666. The minimum atomic E-state index is -3.16. The van der Waals surface area contributed by atoms with Crippen molar-refractivity contribution in [1.29, 1.82) is 0 Å². The molecule has 90 valence electrons. The molecule has 1 aromatic carbocycles. The van der Waals surface area contributed by atoms with E-state index in [-0.39, 0.29) is 0 Å². The fourth-order valence-electron chi connectivity index (χ4n) is 1.38. The van der Waals surface area contributed by atoms with Gasteiger partial charge in [0.2, 0.25) is 0 Å². The Morgan fingerprint density at radius 3 is 2.56 bits per heavy atom. The Bertz CT molecular complexity index is 431. The average molecular weight is 262 g/mol. The Kier molecular flexibility index (Phi) is 5.09. The second-order valence-corrected chi connectivity index (χ2v) is 5.95. The number of nitrogens with one attached hydrogen (secondary N) is 1. The van der Waals surface area contributed by atoms with E-state index in [1.54, 1.807) is 18.2 Å². The molecule has 1 aromatic rings. The Hall–Kier alpha value is -0.740. The molecule has 0 aliphatic carbocycles. The van der Waals surface area contributed by atoms with Gasteiger partial charge in [0.25, 0.3) is 0 Å². The molecule has 0 heterocycles. The molecule has 0 aliphatic rings. The summed E-state index contributed by atoms with van der Waals surface area (Å²) < 4.78 is 23.0. The average Bonchev–Trinajstić information content (AvgIpc) is 2.24. The number of para-hydroxylation sites is 1. The van der Waals surface area contributed by atoms with Crippen LogP contribution in [0.15, 0.2) is 29.2 Å². The zero-order valence-electron chi connectivity index (χ0n) is 9.24. The summed E-state index contributed by atoms with van der Waals surface area (Å²) in [7, 11) is -3.16. The van der Waals surface area contributed by atoms with Gasteiger partial charge in [-0.1, -0.05) is 12.1 Å². The van der Waals surface area contributed by atoms with E-state index in [0.717, 1.165) is 19.4 Å². The molecule has 0 saturated carbocycles. The molecule has 0 atom stereocenters. The van der Waals surface area contributed by atoms with Gasteiger partial charge in [0.1, 0.15) is 0 Å². The van der Waals surface area contributed by atoms with Gasteiger partial charge in [-0.05, 0) is 25.0 Å². The van der Waals surface area contributed by atoms with E-state index in [9.17, 15) is 8.42 Å². The molecule has 0 saturated heterocycles. The van der Waals surface area contributed by atoms with Crippen LogP contribution in [0.25, 0.3) is 0 Å². The van der Waals surface area contributed by atoms with Crippen molar-refractivity contribution < 1.29 is 8.42 Å². The van der Waals surface area contributed by atoms with Gasteiger partial charge in [-0.15, -0.1) is 11.6 Å². The molecule has 3 nitrogen and oxygen atoms in total. The number of unbranched alkanes of at least 4 members (excludes halogenated alkanes) is 1. The molecule has 0 amide bonds. The van der Waals surface area contributed by atoms with Crippen LogP contribution in [0.5, 0.6) is 0 Å². The van der Waals surface area contributed by atoms with E-state index in [0.29, 0.717) is 16.5 Å². The van der Waals surface area contributed by atoms with Crippen molar-refractivity contribution in [2.45, 2.75) is 17.7 Å². The first kappa shape index (κ1) is 13.3. The third kappa shape index (κ3) is 4.02. The second-order valence-electron chi connectivity index (χ2n) is 3.59. The SMILES string of the molecule is CS(=O)(=O)c1ccccc1NCCCCCl. The predicted molar refractivity (Wildman–Crippen MR) is 68.0 cm³/mol. The second kappa shape index (κ2) is 6.11. The number of alkyl halides is 1. The molecule has 1 N–H and O–H groups in total. The lowest BCUT2D eigenvalue weighted by molar-refractivity contribution is 0.602. The normalized spacial score (nSPS) is 11.4. The zero-order valence-corrected chi connectivity index (χ0v) is 10.8. The Morgan fingerprint density at radius 1 is 1.25 bits per heavy atom. The molecular formula is C11H16ClNO2S. The number of hydrogen-bond acceptors (Lipinski definition) is 3. The van der Waals surface area contributed by atoms with Crippen LogP contribution in [-0.4, -0.2) is 27.1 Å². The fourth-order valence-corrected chi connectivity index (χ4v) is 2.43. The summed E-state index contributed by atoms with van der Waals surface area (Å²) in [5, 5.41) is 3.12. The maximum Gasteiger partial charge on any atom is 0.177 e. The highest BCUT2D eigenvalue weighted by atomic mass is 35.5. The van der Waals surface area contributed by atoms with Crippen LogP contribution in [-0.2, 0) is 9.84 Å². The Morgan fingerprint density at radius 2 is 1.94 bits per heavy atom. The first-order valence-corrected chi connectivity index (χ1v) is 7.57. The highest BCUT2D eigenvalue weighted by Crippen LogP contribution is 2.20. The quantitative estimate of drug-likeness (QED) is 0.632. The molecule has 0 aliphatic heterocycles. The van der Waals surface area contributed by atoms with Crippen LogP contribution < -0.4 is 5.32 Å². The molecule has 0 spiro atoms. The monoisotopic (exact) mass is 261 g/mol. The largest absolute Gasteiger partial charge is 0.384 e. The lowest BCUT2D eigenvalue weighted by Crippen LogP contribution is -2.07. The van der Waals surface area contributed by atoms with Gasteiger partial charge < -0.3 is 5.32 Å². The smallest absolute Gasteiger partial charge is 0.177 e. The summed E-state index contributed by atoms with van der Waals surface area (Å²) in [6.45, 7) is 0.735. The summed E-state index contributed by atoms with van der Waals surface area (Å²) in [6.07, 6.45) is 3.07. The predicted octanol–water partition coefficient (Wildman–Crippen LogP) is 2.52. The van der Waals surface area contributed by atoms with Gasteiger partial charge >= 0.3 is 0 Å². The van der Waals surface area contributed by atoms with E-state index in [2.05, 4.69) is 5.32 Å². The van der Waals surface area contributed by atoms with Gasteiger partial charge in [0.15, 0.2) is 9.84 Å². The summed E-state index contributed by atoms with van der Waals surface area (Å²) in [5.74, 6) is 0.634. The standard InChI is InChI=1S/C11H16ClNO2S/c1-16(14,15)11-7-3-2-6-10(11)13-9-5-4-8-12/h2-3,6-7,13H,4-5,8-9H2,1H3. The van der Waals surface area contributed by atoms with Crippen LogP contribution in [0.1, 0.15) is 12.8 Å². The molecule has 0 aromatic heterocycles. The third-order valence-corrected chi connectivity index (χ3v) is 3.58. The molecule has 16 heavy (non-hydrogen) atoms. The molecule has 1 rings (SSSR count). The van der Waals surface area contributed by atoms with Gasteiger partial charge in [-0.3, -0.25) is 0 Å². The van der Waals surface area contributed by atoms with Gasteiger partial charge in [-0.2, -0.15) is 0 Å². The van der Waals surface area contributed by atoms with Crippen molar-refractivity contribution in [2.24, 2.45) is 0 Å². The van der Waals surface area contributed by atoms with Gasteiger partial charge in [-0.25, -0.2) is 8.42 Å². The molecule has 0 unspecified atom stereocenters. The van der Waals surface area contributed by atoms with E-state index in [4.69, 9.17) is 11.6 Å². The maximum absolute atomic E-state index is 11.5. The molecule has 5 heteroatoms. The number of benzene rings is 1. The van der Waals surface area contributed by atoms with E-state index < -0.39 is 9.84 Å². The van der Waals surface area contributed by atoms with Crippen molar-refractivity contribution in [3.8, 4) is 0 Å². The third-order valence-electron chi connectivity index (χ3n) is 2.16. The molecule has 0 bridgehead atoms. The number of rotatable bonds is 6. The summed E-state index contributed by atoms with van der Waals surface area (Å²) in [6, 6.07) is 6.93. The lowest BCUT2D eigenvalue weighted by atomic mass is 10.3. The number of sulfone groups is 1. The molecular weight excluding hydrogens is 246 g/mol. The lowest BCUT2D eigenvalue weighted by Gasteiger charge is -2.10. The number of hydrogen-bond donors (Lipinski definition) is 1. The fraction of sp³-hybridized carbons (Fsp3) is 0.455. The first-order chi connectivity index (χ1) is 7.55. The topological polar surface area (TPSA) is 46.2 Å². The number of anilines is 1. The maximum atomic E-state index is 11.5. The molecule has 0 radical (unpaired) electrons. The first-order valence-electron chi connectivity index (χ1n) is 5.14. The van der Waals surface area contributed by atoms with Crippen molar-refractivity contribution >= 4 is 27.1 Å². The van der Waals surface area contributed by atoms with Crippen molar-refractivity contribution in [2.75, 3.05) is 24.0 Å². The minimum absolute atomic E-state index is 0.348. The zero-order chi connectivity index (χ0) is 12.0. The van der Waals surface area contributed by atoms with Crippen LogP contribution in [0.3, 0.4) is 0 Å². The summed E-state index contributed by atoms with van der Waals surface area (Å²) >= 11 is 5.56. The molecule has 0 fully saturated rings. The van der Waals surface area contributed by atoms with E-state index in [1.165, 1.54) is 6.26 Å². The number of halogens is 1. The van der Waals surface area contributed by atoms with Crippen LogP contribution in [0.2, 0.25) is 0 Å². The Balaban J connectivity index is 2.73. The van der Waals surface area contributed by atoms with Gasteiger partial charge in [0, 0.05) is 18.7 Å². The van der Waals surface area contributed by atoms with Crippen LogP contribution in [0.4, 0.5) is 5.69 Å². The van der Waals surface area contributed by atoms with Crippen LogP contribution in [0, 0.1) is 0 Å². The highest BCUT2D eigenvalue weighted by molar-refractivity contribution is 7.90. The van der Waals surface area contributed by atoms with Crippen LogP contribution >= 0.6 is 11.6 Å². The minimum Gasteiger partial charge on any atom is -0.384 e. The van der Waals surface area contributed by atoms with Crippen molar-refractivity contribution in [3.63, 3.8) is 0 Å². The van der Waals surface area contributed by atoms with Crippen molar-refractivity contribution in [3.05, 3.63) is 24.3 Å². The van der Waals surface area contributed by atoms with Crippen molar-refractivity contribution in [1.82, 2.24) is 0 Å². The summed E-state index contributed by atoms with van der Waals surface area (Å²) in [4.78, 5) is 0.348. The Labute approximate surface area is 102 Å². The van der Waals surface area contributed by atoms with E-state index in [1.807, 2.05) is 6.07 Å². The van der Waals surface area contributed by atoms with E-state index >= 15 is 0 Å². The van der Waals surface area contributed by atoms with Gasteiger partial charge in [0.05, 0.1) is 10.6 Å². The highest BCUT2D eigenvalue weighted by Gasteiger charge is 2.11.